The number of amides is 2. The highest BCUT2D eigenvalue weighted by Crippen LogP contribution is 2.50. The van der Waals surface area contributed by atoms with Crippen LogP contribution in [0.3, 0.4) is 0 Å². The highest BCUT2D eigenvalue weighted by molar-refractivity contribution is 7.88. The first-order valence-electron chi connectivity index (χ1n) is 13.4. The van der Waals surface area contributed by atoms with E-state index in [1.54, 1.807) is 29.2 Å². The fourth-order valence-corrected chi connectivity index (χ4v) is 6.10. The van der Waals surface area contributed by atoms with Gasteiger partial charge in [-0.25, -0.2) is 8.42 Å². The van der Waals surface area contributed by atoms with Gasteiger partial charge in [-0.15, -0.1) is 0 Å². The van der Waals surface area contributed by atoms with E-state index in [1.165, 1.54) is 34.5 Å². The number of sulfonamides is 1. The molecular weight excluding hydrogens is 486 g/mol. The second-order valence-corrected chi connectivity index (χ2v) is 12.5. The van der Waals surface area contributed by atoms with Gasteiger partial charge >= 0.3 is 0 Å². The van der Waals surface area contributed by atoms with Crippen molar-refractivity contribution in [2.75, 3.05) is 32.4 Å². The Morgan fingerprint density at radius 2 is 1.62 bits per heavy atom. The monoisotopic (exact) mass is 525 g/mol. The van der Waals surface area contributed by atoms with E-state index in [4.69, 9.17) is 0 Å². The Kier molecular flexibility index (Phi) is 9.03. The fraction of sp³-hybridized carbons (Fsp3) is 0.517. The zero-order valence-corrected chi connectivity index (χ0v) is 22.8. The van der Waals surface area contributed by atoms with Gasteiger partial charge in [0.05, 0.1) is 6.26 Å². The lowest BCUT2D eigenvalue weighted by Crippen LogP contribution is -2.55. The number of carbonyl (C=O) groups is 2. The summed E-state index contributed by atoms with van der Waals surface area (Å²) in [6.07, 6.45) is 7.22. The molecule has 2 aromatic carbocycles. The topological polar surface area (TPSA) is 86.8 Å². The molecule has 1 N–H and O–H groups in total. The van der Waals surface area contributed by atoms with Crippen LogP contribution in [0.4, 0.5) is 0 Å². The maximum Gasteiger partial charge on any atom is 0.251 e. The van der Waals surface area contributed by atoms with Gasteiger partial charge in [-0.2, -0.15) is 4.31 Å². The number of hydrogen-bond acceptors (Lipinski definition) is 4. The molecule has 2 aliphatic rings. The molecule has 0 bridgehead atoms. The SMILES string of the molecule is Cc1ccc([C@@H]2C[C@H]2CCCCC[C@H](NC(=O)c2ccccc2)C(=O)N2CCN(S(C)(=O)=O)CC2)cc1. The molecule has 2 fully saturated rings. The van der Waals surface area contributed by atoms with Crippen molar-refractivity contribution in [3.8, 4) is 0 Å². The predicted octanol–water partition coefficient (Wildman–Crippen LogP) is 3.95. The number of nitrogens with zero attached hydrogens (tertiary/aromatic N) is 2. The van der Waals surface area contributed by atoms with E-state index in [-0.39, 0.29) is 24.9 Å². The number of hydrogen-bond donors (Lipinski definition) is 1. The van der Waals surface area contributed by atoms with Crippen LogP contribution in [-0.4, -0.2) is 67.9 Å². The van der Waals surface area contributed by atoms with Crippen molar-refractivity contribution in [3.05, 3.63) is 71.3 Å². The van der Waals surface area contributed by atoms with Crippen molar-refractivity contribution in [2.45, 2.75) is 57.4 Å². The molecule has 2 aromatic rings. The second kappa shape index (κ2) is 12.2. The van der Waals surface area contributed by atoms with Gasteiger partial charge in [0.15, 0.2) is 0 Å². The highest BCUT2D eigenvalue weighted by Gasteiger charge is 2.37. The van der Waals surface area contributed by atoms with Crippen LogP contribution in [0, 0.1) is 12.8 Å². The number of nitrogens with one attached hydrogen (secondary N) is 1. The molecule has 8 heteroatoms. The molecule has 37 heavy (non-hydrogen) atoms. The van der Waals surface area contributed by atoms with Crippen molar-refractivity contribution >= 4 is 21.8 Å². The van der Waals surface area contributed by atoms with Gasteiger partial charge in [0.25, 0.3) is 5.91 Å². The van der Waals surface area contributed by atoms with Crippen molar-refractivity contribution < 1.29 is 18.0 Å². The Morgan fingerprint density at radius 3 is 2.27 bits per heavy atom. The molecule has 1 aliphatic carbocycles. The van der Waals surface area contributed by atoms with Crippen LogP contribution < -0.4 is 5.32 Å². The van der Waals surface area contributed by atoms with E-state index >= 15 is 0 Å². The summed E-state index contributed by atoms with van der Waals surface area (Å²) in [6, 6.07) is 17.2. The maximum atomic E-state index is 13.4. The van der Waals surface area contributed by atoms with Crippen molar-refractivity contribution in [1.29, 1.82) is 0 Å². The van der Waals surface area contributed by atoms with Gasteiger partial charge in [-0.05, 0) is 55.7 Å². The van der Waals surface area contributed by atoms with Crippen LogP contribution in [0.5, 0.6) is 0 Å². The summed E-state index contributed by atoms with van der Waals surface area (Å²) in [5.41, 5.74) is 3.26. The third-order valence-electron chi connectivity index (χ3n) is 7.65. The number of unbranched alkanes of at least 4 members (excludes halogenated alkanes) is 2. The van der Waals surface area contributed by atoms with E-state index in [1.807, 2.05) is 6.07 Å². The maximum absolute atomic E-state index is 13.4. The number of carbonyl (C=O) groups excluding carboxylic acids is 2. The Morgan fingerprint density at radius 1 is 0.946 bits per heavy atom. The summed E-state index contributed by atoms with van der Waals surface area (Å²) in [6.45, 7) is 3.36. The first kappa shape index (κ1) is 27.3. The minimum Gasteiger partial charge on any atom is -0.340 e. The molecule has 0 unspecified atom stereocenters. The molecular formula is C29H39N3O4S. The normalized spacial score (nSPS) is 20.9. The van der Waals surface area contributed by atoms with Crippen LogP contribution in [0.2, 0.25) is 0 Å². The molecule has 1 saturated carbocycles. The Balaban J connectivity index is 1.27. The van der Waals surface area contributed by atoms with Gasteiger partial charge in [-0.3, -0.25) is 9.59 Å². The summed E-state index contributed by atoms with van der Waals surface area (Å²) in [5, 5.41) is 2.95. The molecule has 2 amide bonds. The van der Waals surface area contributed by atoms with Crippen molar-refractivity contribution in [1.82, 2.24) is 14.5 Å². The van der Waals surface area contributed by atoms with E-state index < -0.39 is 16.1 Å². The van der Waals surface area contributed by atoms with Crippen LogP contribution in [0.25, 0.3) is 0 Å². The molecule has 1 heterocycles. The number of rotatable bonds is 11. The molecule has 200 valence electrons. The van der Waals surface area contributed by atoms with Crippen LogP contribution in [0.1, 0.15) is 65.9 Å². The molecule has 7 nitrogen and oxygen atoms in total. The van der Waals surface area contributed by atoms with E-state index in [0.29, 0.717) is 31.0 Å². The smallest absolute Gasteiger partial charge is 0.251 e. The van der Waals surface area contributed by atoms with Crippen LogP contribution >= 0.6 is 0 Å². The zero-order valence-electron chi connectivity index (χ0n) is 21.9. The van der Waals surface area contributed by atoms with Gasteiger partial charge in [0.2, 0.25) is 15.9 Å². The zero-order chi connectivity index (χ0) is 26.4. The van der Waals surface area contributed by atoms with Crippen molar-refractivity contribution in [3.63, 3.8) is 0 Å². The van der Waals surface area contributed by atoms with Crippen LogP contribution in [-0.2, 0) is 14.8 Å². The average Bonchev–Trinajstić information content (AvgIpc) is 3.67. The summed E-state index contributed by atoms with van der Waals surface area (Å²) >= 11 is 0. The lowest BCUT2D eigenvalue weighted by Gasteiger charge is -2.35. The minimum absolute atomic E-state index is 0.126. The molecule has 0 spiro atoms. The second-order valence-electron chi connectivity index (χ2n) is 10.5. The van der Waals surface area contributed by atoms with Gasteiger partial charge in [-0.1, -0.05) is 67.3 Å². The molecule has 1 saturated heterocycles. The number of piperazine rings is 1. The van der Waals surface area contributed by atoms with Crippen molar-refractivity contribution in [2.24, 2.45) is 5.92 Å². The molecule has 1 aliphatic heterocycles. The third-order valence-corrected chi connectivity index (χ3v) is 8.96. The van der Waals surface area contributed by atoms with Crippen LogP contribution in [0.15, 0.2) is 54.6 Å². The quantitative estimate of drug-likeness (QED) is 0.450. The molecule has 3 atom stereocenters. The summed E-state index contributed by atoms with van der Waals surface area (Å²) in [4.78, 5) is 27.9. The van der Waals surface area contributed by atoms with E-state index in [0.717, 1.165) is 25.2 Å². The first-order valence-corrected chi connectivity index (χ1v) is 15.2. The fourth-order valence-electron chi connectivity index (χ4n) is 5.27. The van der Waals surface area contributed by atoms with E-state index in [2.05, 4.69) is 36.5 Å². The Bertz CT molecular complexity index is 1160. The Hall–Kier alpha value is -2.71. The number of aryl methyl sites for hydroxylation is 1. The number of benzene rings is 2. The van der Waals surface area contributed by atoms with Gasteiger partial charge in [0.1, 0.15) is 6.04 Å². The first-order chi connectivity index (χ1) is 17.7. The van der Waals surface area contributed by atoms with E-state index in [9.17, 15) is 18.0 Å². The largest absolute Gasteiger partial charge is 0.340 e. The third kappa shape index (κ3) is 7.65. The summed E-state index contributed by atoms with van der Waals surface area (Å²) in [5.74, 6) is 1.06. The lowest BCUT2D eigenvalue weighted by molar-refractivity contribution is -0.134. The standard InChI is InChI=1S/C29H39N3O4S/c1-22-13-15-23(16-14-22)26-21-25(26)11-7-4-8-12-27(30-28(33)24-9-5-3-6-10-24)29(34)31-17-19-32(20-18-31)37(2,35)36/h3,5-6,9-10,13-16,25-27H,4,7-8,11-12,17-21H2,1-2H3,(H,30,33)/t25-,26+,27+/m1/s1. The average molecular weight is 526 g/mol. The summed E-state index contributed by atoms with van der Waals surface area (Å²) < 4.78 is 25.1. The lowest BCUT2D eigenvalue weighted by atomic mass is 10.0. The Labute approximate surface area is 221 Å². The molecule has 0 radical (unpaired) electrons. The minimum atomic E-state index is -3.27. The molecule has 4 rings (SSSR count). The molecule has 0 aromatic heterocycles. The van der Waals surface area contributed by atoms with Gasteiger partial charge in [0, 0.05) is 31.7 Å². The summed E-state index contributed by atoms with van der Waals surface area (Å²) in [7, 11) is -3.27. The highest BCUT2D eigenvalue weighted by atomic mass is 32.2. The van der Waals surface area contributed by atoms with Gasteiger partial charge < -0.3 is 10.2 Å². The predicted molar refractivity (Wildman–Crippen MR) is 146 cm³/mol.